The monoisotopic (exact) mass is 512 g/mol. The van der Waals surface area contributed by atoms with Crippen LogP contribution in [0.5, 0.6) is 5.75 Å². The fourth-order valence-corrected chi connectivity index (χ4v) is 5.50. The highest BCUT2D eigenvalue weighted by atomic mass is 16.7. The highest BCUT2D eigenvalue weighted by Crippen LogP contribution is 2.49. The first-order valence-electron chi connectivity index (χ1n) is 13.2. The molecule has 3 aromatic rings. The van der Waals surface area contributed by atoms with E-state index in [-0.39, 0.29) is 34.9 Å². The molecule has 198 valence electrons. The van der Waals surface area contributed by atoms with Gasteiger partial charge >= 0.3 is 0 Å². The molecule has 38 heavy (non-hydrogen) atoms. The zero-order chi connectivity index (χ0) is 27.4. The number of amides is 2. The number of phenolic OH excluding ortho intramolecular Hbond substituents is 1. The van der Waals surface area contributed by atoms with Crippen LogP contribution in [0.3, 0.4) is 0 Å². The van der Waals surface area contributed by atoms with Gasteiger partial charge in [0.2, 0.25) is 5.91 Å². The van der Waals surface area contributed by atoms with Gasteiger partial charge in [0, 0.05) is 0 Å². The maximum absolute atomic E-state index is 13.9. The minimum Gasteiger partial charge on any atom is -0.507 e. The number of para-hydroxylation sites is 1. The van der Waals surface area contributed by atoms with Crippen LogP contribution < -0.4 is 5.06 Å². The molecule has 2 saturated heterocycles. The smallest absolute Gasteiger partial charge is 0.262 e. The Bertz CT molecular complexity index is 1320. The highest BCUT2D eigenvalue weighted by Gasteiger charge is 2.60. The first-order chi connectivity index (χ1) is 17.9. The number of aromatic hydroxyl groups is 1. The highest BCUT2D eigenvalue weighted by molar-refractivity contribution is 6.07. The van der Waals surface area contributed by atoms with Gasteiger partial charge in [-0.1, -0.05) is 90.1 Å². The minimum atomic E-state index is -0.915. The van der Waals surface area contributed by atoms with Crippen molar-refractivity contribution in [3.05, 3.63) is 95.1 Å². The largest absolute Gasteiger partial charge is 0.507 e. The lowest BCUT2D eigenvalue weighted by Gasteiger charge is -2.33. The van der Waals surface area contributed by atoms with Crippen LogP contribution in [-0.4, -0.2) is 27.9 Å². The number of likely N-dealkylation sites (tertiary alicyclic amines) is 1. The molecule has 0 aromatic heterocycles. The molecule has 1 N–H and O–H groups in total. The number of carbonyl (C=O) groups is 2. The van der Waals surface area contributed by atoms with Crippen LogP contribution in [0.1, 0.15) is 69.8 Å². The molecule has 3 atom stereocenters. The second kappa shape index (κ2) is 9.28. The molecule has 3 aromatic carbocycles. The Balaban J connectivity index is 1.65. The summed E-state index contributed by atoms with van der Waals surface area (Å²) in [4.78, 5) is 35.2. The fourth-order valence-electron chi connectivity index (χ4n) is 5.50. The SMILES string of the molecule is CC(C)(C)c1cc([C@H]2[C@H]3C(=O)N(Cc4ccccc4)C(=O)[C@H]3ON2c2ccccc2)cc(C(C)(C)C)c1O. The average molecular weight is 513 g/mol. The summed E-state index contributed by atoms with van der Waals surface area (Å²) in [5.74, 6) is -1.00. The summed E-state index contributed by atoms with van der Waals surface area (Å²) in [5.41, 5.74) is 3.42. The third-order valence-electron chi connectivity index (χ3n) is 7.49. The van der Waals surface area contributed by atoms with E-state index in [1.165, 1.54) is 4.90 Å². The number of rotatable bonds is 4. The fraction of sp³-hybridized carbons (Fsp3) is 0.375. The summed E-state index contributed by atoms with van der Waals surface area (Å²) in [5, 5.41) is 13.0. The molecule has 0 spiro atoms. The third kappa shape index (κ3) is 4.47. The number of hydroxylamine groups is 1. The normalized spacial score (nSPS) is 21.8. The minimum absolute atomic E-state index is 0.211. The lowest BCUT2D eigenvalue weighted by Crippen LogP contribution is -2.37. The van der Waals surface area contributed by atoms with Crippen molar-refractivity contribution in [3.8, 4) is 5.75 Å². The molecular formula is C32H36N2O4. The third-order valence-corrected chi connectivity index (χ3v) is 7.49. The number of hydrogen-bond donors (Lipinski definition) is 1. The van der Waals surface area contributed by atoms with E-state index in [0.29, 0.717) is 0 Å². The van der Waals surface area contributed by atoms with Crippen LogP contribution in [0.4, 0.5) is 5.69 Å². The Morgan fingerprint density at radius 1 is 0.789 bits per heavy atom. The Hall–Kier alpha value is -3.64. The Kier molecular flexibility index (Phi) is 6.35. The van der Waals surface area contributed by atoms with Crippen LogP contribution in [-0.2, 0) is 31.8 Å². The van der Waals surface area contributed by atoms with E-state index in [9.17, 15) is 14.7 Å². The van der Waals surface area contributed by atoms with Gasteiger partial charge in [-0.2, -0.15) is 0 Å². The van der Waals surface area contributed by atoms with E-state index in [2.05, 4.69) is 41.5 Å². The summed E-state index contributed by atoms with van der Waals surface area (Å²) in [6.45, 7) is 12.6. The first kappa shape index (κ1) is 26.0. The van der Waals surface area contributed by atoms with Gasteiger partial charge in [0.15, 0.2) is 6.10 Å². The van der Waals surface area contributed by atoms with Gasteiger partial charge in [0.25, 0.3) is 5.91 Å². The summed E-state index contributed by atoms with van der Waals surface area (Å²) in [7, 11) is 0. The molecule has 6 nitrogen and oxygen atoms in total. The quantitative estimate of drug-likeness (QED) is 0.432. The molecule has 6 heteroatoms. The van der Waals surface area contributed by atoms with Gasteiger partial charge in [-0.05, 0) is 57.3 Å². The Morgan fingerprint density at radius 2 is 1.32 bits per heavy atom. The molecule has 2 aliphatic rings. The van der Waals surface area contributed by atoms with Crippen molar-refractivity contribution in [2.45, 2.75) is 71.1 Å². The Morgan fingerprint density at radius 3 is 1.84 bits per heavy atom. The summed E-state index contributed by atoms with van der Waals surface area (Å²) >= 11 is 0. The number of nitrogens with zero attached hydrogens (tertiary/aromatic N) is 2. The molecule has 0 saturated carbocycles. The first-order valence-corrected chi connectivity index (χ1v) is 13.2. The van der Waals surface area contributed by atoms with E-state index >= 15 is 0 Å². The number of benzene rings is 3. The number of carbonyl (C=O) groups excluding carboxylic acids is 2. The van der Waals surface area contributed by atoms with Gasteiger partial charge in [-0.15, -0.1) is 0 Å². The topological polar surface area (TPSA) is 70.1 Å². The number of fused-ring (bicyclic) bond motifs is 1. The van der Waals surface area contributed by atoms with Crippen LogP contribution in [0.25, 0.3) is 0 Å². The molecule has 2 aliphatic heterocycles. The van der Waals surface area contributed by atoms with E-state index in [4.69, 9.17) is 4.84 Å². The summed E-state index contributed by atoms with van der Waals surface area (Å²) in [6, 6.07) is 22.5. The van der Waals surface area contributed by atoms with Gasteiger partial charge < -0.3 is 5.11 Å². The van der Waals surface area contributed by atoms with E-state index in [1.54, 1.807) is 5.06 Å². The standard InChI is InChI=1S/C32H36N2O4/c1-31(2,3)23-17-21(18-24(27(23)35)32(4,5)6)26-25-28(38-34(26)22-15-11-8-12-16-22)30(37)33(29(25)36)19-20-13-9-7-10-14-20/h7-18,25-26,28,35H,19H2,1-6H3/t25-,26+,28+/m1/s1. The molecule has 2 amide bonds. The van der Waals surface area contributed by atoms with Crippen LogP contribution in [0.15, 0.2) is 72.8 Å². The van der Waals surface area contributed by atoms with E-state index in [0.717, 1.165) is 27.9 Å². The zero-order valence-electron chi connectivity index (χ0n) is 22.9. The summed E-state index contributed by atoms with van der Waals surface area (Å²) in [6.07, 6.45) is -0.915. The molecule has 2 heterocycles. The molecule has 0 unspecified atom stereocenters. The van der Waals surface area contributed by atoms with Crippen molar-refractivity contribution in [3.63, 3.8) is 0 Å². The molecule has 5 rings (SSSR count). The van der Waals surface area contributed by atoms with Gasteiger partial charge in [0.05, 0.1) is 18.3 Å². The second-order valence-electron chi connectivity index (χ2n) is 12.4. The lowest BCUT2D eigenvalue weighted by atomic mass is 9.76. The number of imide groups is 1. The maximum Gasteiger partial charge on any atom is 0.262 e. The molecule has 2 fully saturated rings. The van der Waals surface area contributed by atoms with Crippen molar-refractivity contribution < 1.29 is 19.5 Å². The maximum atomic E-state index is 13.9. The van der Waals surface area contributed by atoms with Crippen molar-refractivity contribution in [2.24, 2.45) is 5.92 Å². The average Bonchev–Trinajstić information content (AvgIpc) is 3.36. The van der Waals surface area contributed by atoms with Gasteiger partial charge in [0.1, 0.15) is 11.7 Å². The lowest BCUT2D eigenvalue weighted by molar-refractivity contribution is -0.143. The van der Waals surface area contributed by atoms with Crippen LogP contribution in [0, 0.1) is 5.92 Å². The predicted molar refractivity (Wildman–Crippen MR) is 148 cm³/mol. The second-order valence-corrected chi connectivity index (χ2v) is 12.4. The number of phenols is 1. The molecule has 0 bridgehead atoms. The predicted octanol–water partition coefficient (Wildman–Crippen LogP) is 6.03. The molecule has 0 aliphatic carbocycles. The Labute approximate surface area is 224 Å². The molecule has 0 radical (unpaired) electrons. The van der Waals surface area contributed by atoms with Crippen molar-refractivity contribution in [2.75, 3.05) is 5.06 Å². The van der Waals surface area contributed by atoms with Gasteiger partial charge in [-0.3, -0.25) is 19.3 Å². The van der Waals surface area contributed by atoms with Crippen molar-refractivity contribution >= 4 is 17.5 Å². The number of hydrogen-bond acceptors (Lipinski definition) is 5. The molecular weight excluding hydrogens is 476 g/mol. The van der Waals surface area contributed by atoms with Crippen LogP contribution in [0.2, 0.25) is 0 Å². The van der Waals surface area contributed by atoms with E-state index < -0.39 is 18.1 Å². The van der Waals surface area contributed by atoms with Crippen molar-refractivity contribution in [1.82, 2.24) is 4.90 Å². The zero-order valence-corrected chi connectivity index (χ0v) is 22.9. The van der Waals surface area contributed by atoms with Crippen molar-refractivity contribution in [1.29, 1.82) is 0 Å². The van der Waals surface area contributed by atoms with E-state index in [1.807, 2.05) is 72.8 Å². The summed E-state index contributed by atoms with van der Waals surface area (Å²) < 4.78 is 0. The van der Waals surface area contributed by atoms with Gasteiger partial charge in [-0.25, -0.2) is 5.06 Å². The number of anilines is 1. The van der Waals surface area contributed by atoms with Crippen LogP contribution >= 0.6 is 0 Å².